The van der Waals surface area contributed by atoms with Crippen LogP contribution in [0.3, 0.4) is 0 Å². The number of fused-ring (bicyclic) bond motifs is 1. The molecule has 9 nitrogen and oxygen atoms in total. The Bertz CT molecular complexity index is 1030. The summed E-state index contributed by atoms with van der Waals surface area (Å²) in [7, 11) is -3.63. The molecule has 3 aromatic rings. The Morgan fingerprint density at radius 3 is 2.74 bits per heavy atom. The summed E-state index contributed by atoms with van der Waals surface area (Å²) >= 11 is 0. The standard InChI is InChI=1S/C17H21N7O2S/c18-27(25,26)22-10-13-3-7-23(8-4-13)16-15-5-9-24(17(15)21-12-20-16)14-2-1-6-19-11-14/h1-2,5-6,9,11-13,22H,3-4,7-8,10H2,(H2,18,25,26). The highest BCUT2D eigenvalue weighted by Crippen LogP contribution is 2.29. The van der Waals surface area contributed by atoms with Crippen molar-refractivity contribution in [2.24, 2.45) is 11.1 Å². The van der Waals surface area contributed by atoms with Gasteiger partial charge in [0.15, 0.2) is 0 Å². The van der Waals surface area contributed by atoms with Crippen molar-refractivity contribution in [3.8, 4) is 5.69 Å². The molecule has 0 bridgehead atoms. The first kappa shape index (κ1) is 17.8. The average molecular weight is 387 g/mol. The second-order valence-corrected chi connectivity index (χ2v) is 8.03. The lowest BCUT2D eigenvalue weighted by molar-refractivity contribution is 0.401. The molecule has 1 saturated heterocycles. The van der Waals surface area contributed by atoms with Crippen LogP contribution in [0.15, 0.2) is 43.1 Å². The third-order valence-corrected chi connectivity index (χ3v) is 5.44. The van der Waals surface area contributed by atoms with E-state index in [1.807, 2.05) is 29.0 Å². The molecule has 0 atom stereocenters. The van der Waals surface area contributed by atoms with Crippen molar-refractivity contribution >= 4 is 27.1 Å². The monoisotopic (exact) mass is 387 g/mol. The number of aromatic nitrogens is 4. The second-order valence-electron chi connectivity index (χ2n) is 6.66. The Labute approximate surface area is 157 Å². The van der Waals surface area contributed by atoms with Crippen molar-refractivity contribution in [2.45, 2.75) is 12.8 Å². The van der Waals surface area contributed by atoms with Gasteiger partial charge in [-0.15, -0.1) is 0 Å². The zero-order chi connectivity index (χ0) is 18.9. The van der Waals surface area contributed by atoms with Crippen LogP contribution in [0.4, 0.5) is 5.82 Å². The van der Waals surface area contributed by atoms with Crippen molar-refractivity contribution in [1.82, 2.24) is 24.2 Å². The van der Waals surface area contributed by atoms with Gasteiger partial charge in [-0.25, -0.2) is 19.8 Å². The lowest BCUT2D eigenvalue weighted by Gasteiger charge is -2.33. The van der Waals surface area contributed by atoms with Gasteiger partial charge < -0.3 is 4.90 Å². The molecule has 1 aliphatic heterocycles. The Hall–Kier alpha value is -2.56. The van der Waals surface area contributed by atoms with Gasteiger partial charge in [0.25, 0.3) is 10.2 Å². The number of nitrogens with one attached hydrogen (secondary N) is 1. The van der Waals surface area contributed by atoms with Crippen molar-refractivity contribution < 1.29 is 8.42 Å². The Kier molecular flexibility index (Phi) is 4.77. The fourth-order valence-corrected chi connectivity index (χ4v) is 3.95. The van der Waals surface area contributed by atoms with Crippen LogP contribution in [0.25, 0.3) is 16.7 Å². The van der Waals surface area contributed by atoms with Crippen LogP contribution in [-0.4, -0.2) is 47.6 Å². The van der Waals surface area contributed by atoms with E-state index >= 15 is 0 Å². The molecule has 0 radical (unpaired) electrons. The molecular weight excluding hydrogens is 366 g/mol. The van der Waals surface area contributed by atoms with Crippen LogP contribution < -0.4 is 14.8 Å². The molecule has 3 aromatic heterocycles. The van der Waals surface area contributed by atoms with Gasteiger partial charge >= 0.3 is 0 Å². The van der Waals surface area contributed by atoms with E-state index in [9.17, 15) is 8.42 Å². The fraction of sp³-hybridized carbons (Fsp3) is 0.353. The van der Waals surface area contributed by atoms with E-state index in [0.29, 0.717) is 6.54 Å². The Morgan fingerprint density at radius 1 is 1.22 bits per heavy atom. The number of nitrogens with zero attached hydrogens (tertiary/aromatic N) is 5. The predicted octanol–water partition coefficient (Wildman–Crippen LogP) is 0.825. The third-order valence-electron chi connectivity index (χ3n) is 4.87. The molecule has 0 aliphatic carbocycles. The topological polar surface area (TPSA) is 119 Å². The highest BCUT2D eigenvalue weighted by Gasteiger charge is 2.23. The van der Waals surface area contributed by atoms with E-state index in [1.165, 1.54) is 0 Å². The Morgan fingerprint density at radius 2 is 2.04 bits per heavy atom. The van der Waals surface area contributed by atoms with Crippen LogP contribution >= 0.6 is 0 Å². The summed E-state index contributed by atoms with van der Waals surface area (Å²) in [6.07, 6.45) is 8.84. The van der Waals surface area contributed by atoms with Gasteiger partial charge in [-0.1, -0.05) is 0 Å². The van der Waals surface area contributed by atoms with E-state index in [2.05, 4.69) is 24.6 Å². The van der Waals surface area contributed by atoms with Crippen molar-refractivity contribution in [1.29, 1.82) is 0 Å². The minimum atomic E-state index is -3.63. The minimum Gasteiger partial charge on any atom is -0.356 e. The summed E-state index contributed by atoms with van der Waals surface area (Å²) in [4.78, 5) is 15.4. The van der Waals surface area contributed by atoms with Crippen LogP contribution in [0.2, 0.25) is 0 Å². The average Bonchev–Trinajstić information content (AvgIpc) is 3.11. The van der Waals surface area contributed by atoms with Crippen molar-refractivity contribution in [3.63, 3.8) is 0 Å². The quantitative estimate of drug-likeness (QED) is 0.669. The highest BCUT2D eigenvalue weighted by molar-refractivity contribution is 7.87. The molecule has 4 rings (SSSR count). The molecule has 4 heterocycles. The molecular formula is C17H21N7O2S. The minimum absolute atomic E-state index is 0.275. The fourth-order valence-electron chi connectivity index (χ4n) is 3.48. The SMILES string of the molecule is NS(=O)(=O)NCC1CCN(c2ncnc3c2ccn3-c2cccnc2)CC1. The number of hydrogen-bond donors (Lipinski definition) is 2. The number of piperidine rings is 1. The maximum Gasteiger partial charge on any atom is 0.274 e. The second kappa shape index (κ2) is 7.22. The van der Waals surface area contributed by atoms with Crippen LogP contribution in [-0.2, 0) is 10.2 Å². The molecule has 0 aromatic carbocycles. The van der Waals surface area contributed by atoms with Crippen LogP contribution in [0, 0.1) is 5.92 Å². The molecule has 3 N–H and O–H groups in total. The number of rotatable bonds is 5. The first-order valence-corrected chi connectivity index (χ1v) is 10.3. The number of pyridine rings is 1. The molecule has 0 amide bonds. The lowest BCUT2D eigenvalue weighted by atomic mass is 9.97. The summed E-state index contributed by atoms with van der Waals surface area (Å²) in [5, 5.41) is 6.00. The van der Waals surface area contributed by atoms with E-state index in [0.717, 1.165) is 48.5 Å². The third kappa shape index (κ3) is 3.92. The van der Waals surface area contributed by atoms with Gasteiger partial charge in [0.2, 0.25) is 0 Å². The van der Waals surface area contributed by atoms with Gasteiger partial charge in [0.1, 0.15) is 17.8 Å². The normalized spacial score (nSPS) is 16.1. The molecule has 0 unspecified atom stereocenters. The van der Waals surface area contributed by atoms with Crippen LogP contribution in [0.5, 0.6) is 0 Å². The van der Waals surface area contributed by atoms with Gasteiger partial charge in [-0.05, 0) is 37.0 Å². The molecule has 27 heavy (non-hydrogen) atoms. The summed E-state index contributed by atoms with van der Waals surface area (Å²) < 4.78 is 26.5. The highest BCUT2D eigenvalue weighted by atomic mass is 32.2. The van der Waals surface area contributed by atoms with Crippen molar-refractivity contribution in [3.05, 3.63) is 43.1 Å². The molecule has 142 valence electrons. The smallest absolute Gasteiger partial charge is 0.274 e. The maximum absolute atomic E-state index is 11.1. The number of hydrogen-bond acceptors (Lipinski definition) is 6. The largest absolute Gasteiger partial charge is 0.356 e. The number of nitrogens with two attached hydrogens (primary N) is 1. The molecule has 1 fully saturated rings. The summed E-state index contributed by atoms with van der Waals surface area (Å²) in [6.45, 7) is 1.99. The van der Waals surface area contributed by atoms with Gasteiger partial charge in [0, 0.05) is 32.0 Å². The van der Waals surface area contributed by atoms with Crippen molar-refractivity contribution in [2.75, 3.05) is 24.5 Å². The molecule has 1 aliphatic rings. The van der Waals surface area contributed by atoms with E-state index < -0.39 is 10.2 Å². The van der Waals surface area contributed by atoms with Gasteiger partial charge in [-0.3, -0.25) is 9.55 Å². The predicted molar refractivity (Wildman–Crippen MR) is 103 cm³/mol. The van der Waals surface area contributed by atoms with Gasteiger partial charge in [-0.2, -0.15) is 8.42 Å². The first-order chi connectivity index (χ1) is 13.0. The summed E-state index contributed by atoms with van der Waals surface area (Å²) in [5.74, 6) is 1.18. The zero-order valence-electron chi connectivity index (χ0n) is 14.7. The lowest BCUT2D eigenvalue weighted by Crippen LogP contribution is -2.40. The van der Waals surface area contributed by atoms with Gasteiger partial charge in [0.05, 0.1) is 17.3 Å². The summed E-state index contributed by atoms with van der Waals surface area (Å²) in [6, 6.07) is 5.90. The van der Waals surface area contributed by atoms with Crippen LogP contribution in [0.1, 0.15) is 12.8 Å². The molecule has 10 heteroatoms. The first-order valence-electron chi connectivity index (χ1n) is 8.76. The maximum atomic E-state index is 11.1. The zero-order valence-corrected chi connectivity index (χ0v) is 15.5. The van der Waals surface area contributed by atoms with E-state index in [1.54, 1.807) is 18.7 Å². The molecule has 0 saturated carbocycles. The Balaban J connectivity index is 1.53. The summed E-state index contributed by atoms with van der Waals surface area (Å²) in [5.41, 5.74) is 1.79. The molecule has 0 spiro atoms. The number of anilines is 1. The van der Waals surface area contributed by atoms with E-state index in [-0.39, 0.29) is 5.92 Å². The van der Waals surface area contributed by atoms with E-state index in [4.69, 9.17) is 5.14 Å².